The van der Waals surface area contributed by atoms with Crippen LogP contribution in [0.15, 0.2) is 28.0 Å². The monoisotopic (exact) mass is 408 g/mol. The van der Waals surface area contributed by atoms with Crippen LogP contribution in [0.2, 0.25) is 0 Å². The van der Waals surface area contributed by atoms with Gasteiger partial charge in [0.25, 0.3) is 0 Å². The quantitative estimate of drug-likeness (QED) is 0.175. The fraction of sp³-hybridized carbons (Fsp3) is 0.760. The Morgan fingerprint density at radius 3 is 1.30 bits per heavy atom. The van der Waals surface area contributed by atoms with Crippen LogP contribution in [0, 0.1) is 6.92 Å². The molecular formula is C25H44S2. The van der Waals surface area contributed by atoms with Gasteiger partial charge in [-0.15, -0.1) is 23.5 Å². The Balaban J connectivity index is 2.14. The third-order valence-corrected chi connectivity index (χ3v) is 7.18. The van der Waals surface area contributed by atoms with Gasteiger partial charge in [0.1, 0.15) is 0 Å². The molecular weight excluding hydrogens is 364 g/mol. The Labute approximate surface area is 179 Å². The van der Waals surface area contributed by atoms with Crippen molar-refractivity contribution in [2.24, 2.45) is 0 Å². The molecule has 0 aliphatic carbocycles. The standard InChI is InChI=1S/C25H44S2/c1-4-6-8-10-12-14-16-18-26-24-20-23(3)21-25(22-24)27-19-17-15-13-11-9-7-5-2/h20-22H,4-19H2,1-3H3. The highest BCUT2D eigenvalue weighted by molar-refractivity contribution is 8.00. The molecule has 156 valence electrons. The molecule has 0 aliphatic heterocycles. The smallest absolute Gasteiger partial charge is 0.00857 e. The molecule has 0 saturated carbocycles. The Bertz CT molecular complexity index is 417. The van der Waals surface area contributed by atoms with Crippen molar-refractivity contribution in [3.05, 3.63) is 23.8 Å². The van der Waals surface area contributed by atoms with E-state index in [1.165, 1.54) is 117 Å². The Hall–Kier alpha value is -0.0800. The largest absolute Gasteiger partial charge is 0.126 e. The van der Waals surface area contributed by atoms with Gasteiger partial charge in [0, 0.05) is 9.79 Å². The first-order valence-electron chi connectivity index (χ1n) is 11.6. The summed E-state index contributed by atoms with van der Waals surface area (Å²) < 4.78 is 0. The molecule has 0 nitrogen and oxygen atoms in total. The van der Waals surface area contributed by atoms with Gasteiger partial charge in [-0.3, -0.25) is 0 Å². The molecule has 0 fully saturated rings. The lowest BCUT2D eigenvalue weighted by Gasteiger charge is -2.08. The molecule has 0 aromatic heterocycles. The molecule has 1 rings (SSSR count). The Morgan fingerprint density at radius 1 is 0.519 bits per heavy atom. The van der Waals surface area contributed by atoms with E-state index >= 15 is 0 Å². The van der Waals surface area contributed by atoms with Crippen LogP contribution in [-0.4, -0.2) is 11.5 Å². The number of rotatable bonds is 18. The van der Waals surface area contributed by atoms with Gasteiger partial charge in [-0.2, -0.15) is 0 Å². The average Bonchev–Trinajstić information content (AvgIpc) is 2.65. The third kappa shape index (κ3) is 14.6. The number of aryl methyl sites for hydroxylation is 1. The van der Waals surface area contributed by atoms with E-state index in [1.807, 2.05) is 0 Å². The molecule has 0 bridgehead atoms. The summed E-state index contributed by atoms with van der Waals surface area (Å²) >= 11 is 4.12. The number of unbranched alkanes of at least 4 members (excludes halogenated alkanes) is 12. The van der Waals surface area contributed by atoms with Crippen LogP contribution in [-0.2, 0) is 0 Å². The van der Waals surface area contributed by atoms with Crippen LogP contribution in [0.1, 0.15) is 109 Å². The van der Waals surface area contributed by atoms with Crippen LogP contribution < -0.4 is 0 Å². The second-order valence-electron chi connectivity index (χ2n) is 7.92. The average molecular weight is 409 g/mol. The first-order chi connectivity index (χ1) is 13.3. The third-order valence-electron chi connectivity index (χ3n) is 5.06. The topological polar surface area (TPSA) is 0 Å². The van der Waals surface area contributed by atoms with Crippen LogP contribution in [0.5, 0.6) is 0 Å². The van der Waals surface area contributed by atoms with Gasteiger partial charge in [0.2, 0.25) is 0 Å². The van der Waals surface area contributed by atoms with Crippen LogP contribution in [0.4, 0.5) is 0 Å². The molecule has 1 aromatic rings. The number of benzene rings is 1. The van der Waals surface area contributed by atoms with E-state index in [0.29, 0.717) is 0 Å². The Kier molecular flexibility index (Phi) is 16.6. The molecule has 0 saturated heterocycles. The van der Waals surface area contributed by atoms with E-state index in [0.717, 1.165) is 0 Å². The fourth-order valence-electron chi connectivity index (χ4n) is 3.38. The summed E-state index contributed by atoms with van der Waals surface area (Å²) in [6, 6.07) is 7.15. The van der Waals surface area contributed by atoms with Crippen LogP contribution >= 0.6 is 23.5 Å². The summed E-state index contributed by atoms with van der Waals surface area (Å²) in [6.07, 6.45) is 19.6. The highest BCUT2D eigenvalue weighted by Gasteiger charge is 2.01. The summed E-state index contributed by atoms with van der Waals surface area (Å²) in [5.41, 5.74) is 1.42. The van der Waals surface area contributed by atoms with E-state index in [2.05, 4.69) is 62.5 Å². The first-order valence-corrected chi connectivity index (χ1v) is 13.6. The summed E-state index contributed by atoms with van der Waals surface area (Å²) in [6.45, 7) is 6.83. The minimum absolute atomic E-state index is 1.28. The van der Waals surface area contributed by atoms with E-state index in [4.69, 9.17) is 0 Å². The normalized spacial score (nSPS) is 11.2. The highest BCUT2D eigenvalue weighted by Crippen LogP contribution is 2.28. The molecule has 0 radical (unpaired) electrons. The predicted octanol–water partition coefficient (Wildman–Crippen LogP) is 9.68. The first kappa shape index (κ1) is 25.0. The SMILES string of the molecule is CCCCCCCCCSc1cc(C)cc(SCCCCCCCCC)c1. The molecule has 0 N–H and O–H groups in total. The van der Waals surface area contributed by atoms with E-state index in [-0.39, 0.29) is 0 Å². The van der Waals surface area contributed by atoms with Crippen molar-refractivity contribution < 1.29 is 0 Å². The van der Waals surface area contributed by atoms with Crippen molar-refractivity contribution in [2.75, 3.05) is 11.5 Å². The molecule has 0 spiro atoms. The van der Waals surface area contributed by atoms with Gasteiger partial charge in [0.15, 0.2) is 0 Å². The lowest BCUT2D eigenvalue weighted by atomic mass is 10.1. The summed E-state index contributed by atoms with van der Waals surface area (Å²) in [4.78, 5) is 2.95. The van der Waals surface area contributed by atoms with Crippen molar-refractivity contribution in [1.29, 1.82) is 0 Å². The van der Waals surface area contributed by atoms with Crippen LogP contribution in [0.3, 0.4) is 0 Å². The molecule has 0 amide bonds. The maximum absolute atomic E-state index is 2.42. The minimum atomic E-state index is 1.28. The highest BCUT2D eigenvalue weighted by atomic mass is 32.2. The molecule has 0 aliphatic rings. The predicted molar refractivity (Wildman–Crippen MR) is 129 cm³/mol. The van der Waals surface area contributed by atoms with Gasteiger partial charge < -0.3 is 0 Å². The van der Waals surface area contributed by atoms with E-state index < -0.39 is 0 Å². The maximum atomic E-state index is 2.42. The van der Waals surface area contributed by atoms with Crippen molar-refractivity contribution >= 4 is 23.5 Å². The van der Waals surface area contributed by atoms with Crippen molar-refractivity contribution in [2.45, 2.75) is 120 Å². The molecule has 0 atom stereocenters. The van der Waals surface area contributed by atoms with Crippen molar-refractivity contribution in [3.8, 4) is 0 Å². The number of thioether (sulfide) groups is 2. The summed E-state index contributed by atoms with van der Waals surface area (Å²) in [7, 11) is 0. The minimum Gasteiger partial charge on any atom is -0.126 e. The van der Waals surface area contributed by atoms with Crippen molar-refractivity contribution in [1.82, 2.24) is 0 Å². The number of hydrogen-bond acceptors (Lipinski definition) is 2. The van der Waals surface area contributed by atoms with Crippen LogP contribution in [0.25, 0.3) is 0 Å². The van der Waals surface area contributed by atoms with E-state index in [1.54, 1.807) is 0 Å². The Morgan fingerprint density at radius 2 is 0.889 bits per heavy atom. The maximum Gasteiger partial charge on any atom is 0.00857 e. The molecule has 0 heterocycles. The van der Waals surface area contributed by atoms with Gasteiger partial charge >= 0.3 is 0 Å². The van der Waals surface area contributed by atoms with Crippen molar-refractivity contribution in [3.63, 3.8) is 0 Å². The molecule has 1 aromatic carbocycles. The summed E-state index contributed by atoms with van der Waals surface area (Å²) in [5, 5.41) is 0. The number of hydrogen-bond donors (Lipinski definition) is 0. The lowest BCUT2D eigenvalue weighted by molar-refractivity contribution is 0.603. The molecule has 0 unspecified atom stereocenters. The van der Waals surface area contributed by atoms with Gasteiger partial charge in [0.05, 0.1) is 0 Å². The zero-order valence-corrected chi connectivity index (χ0v) is 20.0. The zero-order chi connectivity index (χ0) is 19.6. The van der Waals surface area contributed by atoms with Gasteiger partial charge in [-0.25, -0.2) is 0 Å². The van der Waals surface area contributed by atoms with Gasteiger partial charge in [-0.1, -0.05) is 90.9 Å². The van der Waals surface area contributed by atoms with Gasteiger partial charge in [-0.05, 0) is 55.0 Å². The lowest BCUT2D eigenvalue weighted by Crippen LogP contribution is -1.86. The summed E-state index contributed by atoms with van der Waals surface area (Å²) in [5.74, 6) is 2.55. The van der Waals surface area contributed by atoms with E-state index in [9.17, 15) is 0 Å². The molecule has 27 heavy (non-hydrogen) atoms. The fourth-order valence-corrected chi connectivity index (χ4v) is 5.58. The second-order valence-corrected chi connectivity index (χ2v) is 10.3. The molecule has 2 heteroatoms. The second kappa shape index (κ2) is 18.0. The zero-order valence-electron chi connectivity index (χ0n) is 18.4.